The molecule has 1 aliphatic heterocycles. The van der Waals surface area contributed by atoms with E-state index in [0.29, 0.717) is 11.8 Å². The Balaban J connectivity index is 0.00000108. The van der Waals surface area contributed by atoms with E-state index in [4.69, 9.17) is 4.74 Å². The lowest BCUT2D eigenvalue weighted by Crippen LogP contribution is -2.58. The molecule has 0 radical (unpaired) electrons. The average molecular weight is 275 g/mol. The molecular formula is C11H12ClFN2OS. The van der Waals surface area contributed by atoms with E-state index in [-0.39, 0.29) is 24.3 Å². The third-order valence-corrected chi connectivity index (χ3v) is 3.62. The highest BCUT2D eigenvalue weighted by molar-refractivity contribution is 7.16. The molecule has 92 valence electrons. The van der Waals surface area contributed by atoms with Gasteiger partial charge in [0.05, 0.1) is 10.2 Å². The molecule has 0 spiro atoms. The van der Waals surface area contributed by atoms with Crippen LogP contribution in [0.15, 0.2) is 17.6 Å². The number of rotatable bonds is 2. The summed E-state index contributed by atoms with van der Waals surface area (Å²) < 4.78 is 19.9. The van der Waals surface area contributed by atoms with Crippen molar-refractivity contribution in [3.8, 4) is 5.75 Å². The largest absolute Gasteiger partial charge is 0.485 e. The number of thiazole rings is 1. The van der Waals surface area contributed by atoms with Gasteiger partial charge >= 0.3 is 0 Å². The summed E-state index contributed by atoms with van der Waals surface area (Å²) in [6.07, 6.45) is 0.117. The first kappa shape index (κ1) is 12.5. The van der Waals surface area contributed by atoms with Crippen LogP contribution in [-0.2, 0) is 0 Å². The van der Waals surface area contributed by atoms with Crippen molar-refractivity contribution >= 4 is 34.0 Å². The summed E-state index contributed by atoms with van der Waals surface area (Å²) in [5.74, 6) is 0.279. The van der Waals surface area contributed by atoms with Crippen molar-refractivity contribution < 1.29 is 9.13 Å². The first-order valence-corrected chi connectivity index (χ1v) is 6.05. The topological polar surface area (TPSA) is 34.1 Å². The van der Waals surface area contributed by atoms with Crippen LogP contribution in [0.1, 0.15) is 6.92 Å². The van der Waals surface area contributed by atoms with Crippen LogP contribution >= 0.6 is 23.7 Å². The van der Waals surface area contributed by atoms with Gasteiger partial charge in [0.1, 0.15) is 23.2 Å². The second-order valence-corrected chi connectivity index (χ2v) is 4.84. The molecule has 0 aliphatic carbocycles. The lowest BCUT2D eigenvalue weighted by atomic mass is 10.1. The predicted molar refractivity (Wildman–Crippen MR) is 68.7 cm³/mol. The molecule has 1 N–H and O–H groups in total. The van der Waals surface area contributed by atoms with Crippen molar-refractivity contribution in [2.45, 2.75) is 19.1 Å². The molecule has 2 unspecified atom stereocenters. The third kappa shape index (κ3) is 2.22. The van der Waals surface area contributed by atoms with Gasteiger partial charge in [-0.25, -0.2) is 9.37 Å². The lowest BCUT2D eigenvalue weighted by Gasteiger charge is -2.35. The molecular weight excluding hydrogens is 263 g/mol. The fourth-order valence-corrected chi connectivity index (χ4v) is 2.47. The van der Waals surface area contributed by atoms with Crippen molar-refractivity contribution in [2.75, 3.05) is 6.54 Å². The van der Waals surface area contributed by atoms with Crippen LogP contribution in [-0.4, -0.2) is 23.7 Å². The van der Waals surface area contributed by atoms with Crippen LogP contribution in [0, 0.1) is 5.82 Å². The van der Waals surface area contributed by atoms with Gasteiger partial charge in [0.15, 0.2) is 0 Å². The summed E-state index contributed by atoms with van der Waals surface area (Å²) in [4.78, 5) is 4.20. The minimum atomic E-state index is -0.272. The number of halogens is 2. The summed E-state index contributed by atoms with van der Waals surface area (Å²) in [6.45, 7) is 2.86. The van der Waals surface area contributed by atoms with Gasteiger partial charge in [-0.05, 0) is 13.0 Å². The minimum absolute atomic E-state index is 0. The Morgan fingerprint density at radius 2 is 2.35 bits per heavy atom. The minimum Gasteiger partial charge on any atom is -0.485 e. The maximum Gasteiger partial charge on any atom is 0.149 e. The molecule has 1 saturated heterocycles. The highest BCUT2D eigenvalue weighted by atomic mass is 35.5. The van der Waals surface area contributed by atoms with Gasteiger partial charge in [-0.3, -0.25) is 0 Å². The fourth-order valence-electron chi connectivity index (χ4n) is 1.75. The van der Waals surface area contributed by atoms with Crippen molar-refractivity contribution in [2.24, 2.45) is 0 Å². The summed E-state index contributed by atoms with van der Waals surface area (Å²) in [6, 6.07) is 3.21. The Bertz CT molecular complexity index is 533. The van der Waals surface area contributed by atoms with Gasteiger partial charge in [-0.15, -0.1) is 23.7 Å². The van der Waals surface area contributed by atoms with Gasteiger partial charge in [-0.1, -0.05) is 0 Å². The summed E-state index contributed by atoms with van der Waals surface area (Å²) >= 11 is 1.42. The number of fused-ring (bicyclic) bond motifs is 1. The SMILES string of the molecule is CC1NCC1Oc1cc(F)cc2scnc12.Cl. The zero-order valence-corrected chi connectivity index (χ0v) is 10.8. The predicted octanol–water partition coefficient (Wildman–Crippen LogP) is 2.60. The van der Waals surface area contributed by atoms with Crippen LogP contribution in [0.25, 0.3) is 10.2 Å². The normalized spacial score (nSPS) is 22.9. The highest BCUT2D eigenvalue weighted by Gasteiger charge is 2.28. The van der Waals surface area contributed by atoms with E-state index < -0.39 is 0 Å². The zero-order chi connectivity index (χ0) is 11.1. The molecule has 17 heavy (non-hydrogen) atoms. The molecule has 2 atom stereocenters. The molecule has 3 nitrogen and oxygen atoms in total. The van der Waals surface area contributed by atoms with Gasteiger partial charge in [-0.2, -0.15) is 0 Å². The molecule has 0 saturated carbocycles. The highest BCUT2D eigenvalue weighted by Crippen LogP contribution is 2.30. The molecule has 3 rings (SSSR count). The lowest BCUT2D eigenvalue weighted by molar-refractivity contribution is 0.0949. The van der Waals surface area contributed by atoms with Crippen molar-refractivity contribution in [3.63, 3.8) is 0 Å². The number of aromatic nitrogens is 1. The number of nitrogens with zero attached hydrogens (tertiary/aromatic N) is 1. The van der Waals surface area contributed by atoms with Gasteiger partial charge in [0.2, 0.25) is 0 Å². The maximum absolute atomic E-state index is 13.3. The zero-order valence-electron chi connectivity index (χ0n) is 9.14. The van der Waals surface area contributed by atoms with Gasteiger partial charge < -0.3 is 10.1 Å². The second-order valence-electron chi connectivity index (χ2n) is 3.96. The number of benzene rings is 1. The van der Waals surface area contributed by atoms with Crippen molar-refractivity contribution in [3.05, 3.63) is 23.5 Å². The molecule has 0 amide bonds. The Hall–Kier alpha value is -0.910. The molecule has 1 aliphatic rings. The first-order chi connectivity index (χ1) is 7.74. The molecule has 1 fully saturated rings. The second kappa shape index (κ2) is 4.76. The number of ether oxygens (including phenoxy) is 1. The summed E-state index contributed by atoms with van der Waals surface area (Å²) in [5.41, 5.74) is 2.46. The van der Waals surface area contributed by atoms with Crippen LogP contribution < -0.4 is 10.1 Å². The standard InChI is InChI=1S/C11H11FN2OS.ClH/c1-6-9(4-13-6)15-8-2-7(12)3-10-11(8)14-5-16-10;/h2-3,5-6,9,13H,4H2,1H3;1H. The molecule has 2 heterocycles. The van der Waals surface area contributed by atoms with E-state index in [1.807, 2.05) is 6.92 Å². The van der Waals surface area contributed by atoms with Crippen LogP contribution in [0.2, 0.25) is 0 Å². The number of hydrogen-bond donors (Lipinski definition) is 1. The molecule has 1 aromatic heterocycles. The van der Waals surface area contributed by atoms with Crippen LogP contribution in [0.3, 0.4) is 0 Å². The Labute approximate surface area is 108 Å². The van der Waals surface area contributed by atoms with E-state index in [0.717, 1.165) is 16.8 Å². The molecule has 1 aromatic carbocycles. The van der Waals surface area contributed by atoms with E-state index in [1.165, 1.54) is 23.5 Å². The van der Waals surface area contributed by atoms with Crippen LogP contribution in [0.5, 0.6) is 5.75 Å². The van der Waals surface area contributed by atoms with Crippen molar-refractivity contribution in [1.82, 2.24) is 10.3 Å². The molecule has 6 heteroatoms. The number of hydrogen-bond acceptors (Lipinski definition) is 4. The van der Waals surface area contributed by atoms with E-state index in [1.54, 1.807) is 5.51 Å². The van der Waals surface area contributed by atoms with Crippen LogP contribution in [0.4, 0.5) is 4.39 Å². The monoisotopic (exact) mass is 274 g/mol. The maximum atomic E-state index is 13.3. The first-order valence-electron chi connectivity index (χ1n) is 5.17. The van der Waals surface area contributed by atoms with E-state index >= 15 is 0 Å². The van der Waals surface area contributed by atoms with E-state index in [2.05, 4.69) is 10.3 Å². The summed E-state index contributed by atoms with van der Waals surface area (Å²) in [5, 5.41) is 3.20. The quantitative estimate of drug-likeness (QED) is 0.914. The van der Waals surface area contributed by atoms with Crippen molar-refractivity contribution in [1.29, 1.82) is 0 Å². The fraction of sp³-hybridized carbons (Fsp3) is 0.364. The van der Waals surface area contributed by atoms with E-state index in [9.17, 15) is 4.39 Å². The molecule has 0 bridgehead atoms. The van der Waals surface area contributed by atoms with Gasteiger partial charge in [0.25, 0.3) is 0 Å². The Morgan fingerprint density at radius 3 is 3.00 bits per heavy atom. The summed E-state index contributed by atoms with van der Waals surface area (Å²) in [7, 11) is 0. The Morgan fingerprint density at radius 1 is 1.53 bits per heavy atom. The van der Waals surface area contributed by atoms with Gasteiger partial charge in [0, 0.05) is 18.7 Å². The third-order valence-electron chi connectivity index (χ3n) is 2.84. The molecule has 2 aromatic rings. The average Bonchev–Trinajstić information content (AvgIpc) is 2.71. The smallest absolute Gasteiger partial charge is 0.149 e. The Kier molecular flexibility index (Phi) is 3.51. The number of nitrogens with one attached hydrogen (secondary N) is 1.